The second-order valence-corrected chi connectivity index (χ2v) is 5.35. The molecular weight excluding hydrogens is 276 g/mol. The number of pyridine rings is 1. The Morgan fingerprint density at radius 2 is 2.15 bits per heavy atom. The lowest BCUT2D eigenvalue weighted by Crippen LogP contribution is -2.35. The number of benzene rings is 1. The monoisotopic (exact) mass is 290 g/mol. The Bertz CT molecular complexity index is 655. The average molecular weight is 291 g/mol. The summed E-state index contributed by atoms with van der Waals surface area (Å²) in [5.74, 6) is -0.0814. The maximum absolute atomic E-state index is 12.7. The summed E-state index contributed by atoms with van der Waals surface area (Å²) in [4.78, 5) is 18.7. The molecule has 1 aliphatic rings. The molecule has 1 saturated carbocycles. The van der Waals surface area contributed by atoms with Crippen molar-refractivity contribution in [1.29, 1.82) is 0 Å². The van der Waals surface area contributed by atoms with Crippen LogP contribution in [0.1, 0.15) is 23.2 Å². The van der Waals surface area contributed by atoms with E-state index in [0.717, 1.165) is 18.2 Å². The van der Waals surface area contributed by atoms with Crippen molar-refractivity contribution in [2.24, 2.45) is 0 Å². The van der Waals surface area contributed by atoms with Crippen molar-refractivity contribution in [3.8, 4) is 0 Å². The van der Waals surface area contributed by atoms with E-state index in [1.54, 1.807) is 11.0 Å². The van der Waals surface area contributed by atoms with Crippen LogP contribution in [0.2, 0.25) is 5.15 Å². The van der Waals surface area contributed by atoms with E-state index in [1.807, 2.05) is 24.3 Å². The number of aliphatic hydroxyl groups excluding tert-OH is 1. The van der Waals surface area contributed by atoms with Gasteiger partial charge in [-0.1, -0.05) is 29.8 Å². The number of rotatable bonds is 4. The van der Waals surface area contributed by atoms with Gasteiger partial charge in [0.2, 0.25) is 0 Å². The number of amides is 1. The van der Waals surface area contributed by atoms with Crippen molar-refractivity contribution in [2.75, 3.05) is 13.2 Å². The molecule has 104 valence electrons. The number of carbonyl (C=O) groups excluding carboxylic acids is 1. The first-order valence-electron chi connectivity index (χ1n) is 6.68. The van der Waals surface area contributed by atoms with Gasteiger partial charge >= 0.3 is 0 Å². The van der Waals surface area contributed by atoms with Crippen LogP contribution in [-0.4, -0.2) is 40.1 Å². The Balaban J connectivity index is 2.06. The van der Waals surface area contributed by atoms with E-state index in [1.165, 1.54) is 0 Å². The third kappa shape index (κ3) is 2.49. The van der Waals surface area contributed by atoms with Gasteiger partial charge in [0, 0.05) is 18.0 Å². The van der Waals surface area contributed by atoms with Gasteiger partial charge in [0.15, 0.2) is 0 Å². The first-order valence-corrected chi connectivity index (χ1v) is 7.05. The summed E-state index contributed by atoms with van der Waals surface area (Å²) in [6.45, 7) is 0.330. The molecule has 1 aliphatic carbocycles. The third-order valence-corrected chi connectivity index (χ3v) is 3.70. The number of hydrogen-bond acceptors (Lipinski definition) is 3. The summed E-state index contributed by atoms with van der Waals surface area (Å²) in [5.41, 5.74) is 1.27. The standard InChI is InChI=1S/C15H15ClN2O2/c16-14-9-12(11-3-1-2-4-13(11)17-14)15(20)18(7-8-19)10-5-6-10/h1-4,9-10,19H,5-8H2. The minimum Gasteiger partial charge on any atom is -0.395 e. The van der Waals surface area contributed by atoms with E-state index in [0.29, 0.717) is 22.8 Å². The summed E-state index contributed by atoms with van der Waals surface area (Å²) in [6.07, 6.45) is 2.00. The van der Waals surface area contributed by atoms with Crippen LogP contribution in [0.3, 0.4) is 0 Å². The number of para-hydroxylation sites is 1. The van der Waals surface area contributed by atoms with E-state index in [9.17, 15) is 4.79 Å². The molecule has 0 aliphatic heterocycles. The molecule has 4 nitrogen and oxygen atoms in total. The van der Waals surface area contributed by atoms with E-state index in [-0.39, 0.29) is 18.6 Å². The normalized spacial score (nSPS) is 14.5. The molecular formula is C15H15ClN2O2. The Kier molecular flexibility index (Phi) is 3.59. The van der Waals surface area contributed by atoms with Gasteiger partial charge in [-0.3, -0.25) is 4.79 Å². The Hall–Kier alpha value is -1.65. The smallest absolute Gasteiger partial charge is 0.254 e. The first-order chi connectivity index (χ1) is 9.70. The zero-order valence-electron chi connectivity index (χ0n) is 10.9. The quantitative estimate of drug-likeness (QED) is 0.880. The molecule has 0 saturated heterocycles. The molecule has 0 unspecified atom stereocenters. The second-order valence-electron chi connectivity index (χ2n) is 4.96. The Morgan fingerprint density at radius 1 is 1.40 bits per heavy atom. The van der Waals surface area contributed by atoms with Crippen molar-refractivity contribution in [2.45, 2.75) is 18.9 Å². The fraction of sp³-hybridized carbons (Fsp3) is 0.333. The molecule has 5 heteroatoms. The molecule has 1 heterocycles. The summed E-state index contributed by atoms with van der Waals surface area (Å²) < 4.78 is 0. The van der Waals surface area contributed by atoms with Gasteiger partial charge < -0.3 is 10.0 Å². The van der Waals surface area contributed by atoms with E-state index in [4.69, 9.17) is 16.7 Å². The SMILES string of the molecule is O=C(c1cc(Cl)nc2ccccc12)N(CCO)C1CC1. The molecule has 1 N–H and O–H groups in total. The van der Waals surface area contributed by atoms with Crippen molar-refractivity contribution >= 4 is 28.4 Å². The number of nitrogens with zero attached hydrogens (tertiary/aromatic N) is 2. The van der Waals surface area contributed by atoms with Crippen molar-refractivity contribution < 1.29 is 9.90 Å². The fourth-order valence-corrected chi connectivity index (χ4v) is 2.62. The topological polar surface area (TPSA) is 53.4 Å². The predicted molar refractivity (Wildman–Crippen MR) is 77.9 cm³/mol. The van der Waals surface area contributed by atoms with E-state index in [2.05, 4.69) is 4.98 Å². The van der Waals surface area contributed by atoms with Gasteiger partial charge in [-0.25, -0.2) is 4.98 Å². The van der Waals surface area contributed by atoms with Gasteiger partial charge in [-0.05, 0) is 25.0 Å². The largest absolute Gasteiger partial charge is 0.395 e. The lowest BCUT2D eigenvalue weighted by molar-refractivity contribution is 0.0709. The molecule has 3 rings (SSSR count). The molecule has 1 amide bonds. The molecule has 1 aromatic heterocycles. The van der Waals surface area contributed by atoms with Crippen LogP contribution in [0.5, 0.6) is 0 Å². The third-order valence-electron chi connectivity index (χ3n) is 3.50. The van der Waals surface area contributed by atoms with Gasteiger partial charge in [0.25, 0.3) is 5.91 Å². The zero-order chi connectivity index (χ0) is 14.1. The van der Waals surface area contributed by atoms with Crippen molar-refractivity contribution in [3.05, 3.63) is 41.0 Å². The molecule has 0 radical (unpaired) electrons. The van der Waals surface area contributed by atoms with Crippen molar-refractivity contribution in [3.63, 3.8) is 0 Å². The number of carbonyl (C=O) groups is 1. The molecule has 2 aromatic rings. The van der Waals surface area contributed by atoms with Gasteiger partial charge in [0.1, 0.15) is 5.15 Å². The number of hydrogen-bond donors (Lipinski definition) is 1. The molecule has 1 fully saturated rings. The zero-order valence-corrected chi connectivity index (χ0v) is 11.7. The molecule has 0 atom stereocenters. The fourth-order valence-electron chi connectivity index (χ4n) is 2.42. The second kappa shape index (κ2) is 5.38. The number of aromatic nitrogens is 1. The highest BCUT2D eigenvalue weighted by Crippen LogP contribution is 2.30. The van der Waals surface area contributed by atoms with Crippen molar-refractivity contribution in [1.82, 2.24) is 9.88 Å². The minimum absolute atomic E-state index is 0.0288. The number of halogens is 1. The maximum atomic E-state index is 12.7. The van der Waals surface area contributed by atoms with E-state index < -0.39 is 0 Å². The molecule has 1 aromatic carbocycles. The summed E-state index contributed by atoms with van der Waals surface area (Å²) in [6, 6.07) is 9.31. The highest BCUT2D eigenvalue weighted by molar-refractivity contribution is 6.30. The average Bonchev–Trinajstić information content (AvgIpc) is 3.27. The molecule has 20 heavy (non-hydrogen) atoms. The van der Waals surface area contributed by atoms with Crippen LogP contribution in [0.15, 0.2) is 30.3 Å². The van der Waals surface area contributed by atoms with E-state index >= 15 is 0 Å². The van der Waals surface area contributed by atoms with Gasteiger partial charge in [-0.2, -0.15) is 0 Å². The summed E-state index contributed by atoms with van der Waals surface area (Å²) >= 11 is 6.01. The highest BCUT2D eigenvalue weighted by atomic mass is 35.5. The summed E-state index contributed by atoms with van der Waals surface area (Å²) in [7, 11) is 0. The number of aliphatic hydroxyl groups is 1. The lowest BCUT2D eigenvalue weighted by Gasteiger charge is -2.22. The molecule has 0 spiro atoms. The lowest BCUT2D eigenvalue weighted by atomic mass is 10.1. The maximum Gasteiger partial charge on any atom is 0.254 e. The van der Waals surface area contributed by atoms with Gasteiger partial charge in [0.05, 0.1) is 17.7 Å². The van der Waals surface area contributed by atoms with Crippen LogP contribution in [-0.2, 0) is 0 Å². The van der Waals surface area contributed by atoms with Gasteiger partial charge in [-0.15, -0.1) is 0 Å². The highest BCUT2D eigenvalue weighted by Gasteiger charge is 2.33. The van der Waals surface area contributed by atoms with Crippen LogP contribution in [0.25, 0.3) is 10.9 Å². The summed E-state index contributed by atoms with van der Waals surface area (Å²) in [5, 5.41) is 10.3. The predicted octanol–water partition coefficient (Wildman–Crippen LogP) is 2.49. The Labute approximate surface area is 122 Å². The molecule has 0 bridgehead atoms. The van der Waals surface area contributed by atoms with Crippen LogP contribution in [0.4, 0.5) is 0 Å². The first kappa shape index (κ1) is 13.3. The van der Waals surface area contributed by atoms with Crippen LogP contribution < -0.4 is 0 Å². The van der Waals surface area contributed by atoms with Crippen LogP contribution in [0, 0.1) is 0 Å². The number of fused-ring (bicyclic) bond motifs is 1. The Morgan fingerprint density at radius 3 is 2.85 bits per heavy atom. The van der Waals surface area contributed by atoms with Crippen LogP contribution >= 0.6 is 11.6 Å². The minimum atomic E-state index is -0.0814.